The van der Waals surface area contributed by atoms with Gasteiger partial charge in [0.2, 0.25) is 0 Å². The van der Waals surface area contributed by atoms with Gasteiger partial charge in [-0.2, -0.15) is 0 Å². The maximum atomic E-state index is 8.98. The minimum Gasteiger partial charge on any atom is -0.362 e. The molecule has 0 saturated carbocycles. The number of hydrogen-bond acceptors (Lipinski definition) is 3. The molecule has 31 heavy (non-hydrogen) atoms. The van der Waals surface area contributed by atoms with Crippen LogP contribution in [0.1, 0.15) is 78.1 Å². The Kier molecular flexibility index (Phi) is 8.00. The highest BCUT2D eigenvalue weighted by Crippen LogP contribution is 2.58. The van der Waals surface area contributed by atoms with Crippen molar-refractivity contribution in [1.29, 1.82) is 5.39 Å². The number of hydrogen-bond donors (Lipinski definition) is 0. The lowest BCUT2D eigenvalue weighted by molar-refractivity contribution is 0.350. The highest BCUT2D eigenvalue weighted by molar-refractivity contribution is 6.10. The van der Waals surface area contributed by atoms with Gasteiger partial charge in [-0.05, 0) is 53.0 Å². The van der Waals surface area contributed by atoms with E-state index >= 15 is 0 Å². The lowest BCUT2D eigenvalue weighted by Crippen LogP contribution is -2.25. The molecule has 0 saturated heterocycles. The van der Waals surface area contributed by atoms with Crippen molar-refractivity contribution >= 4 is 11.4 Å². The summed E-state index contributed by atoms with van der Waals surface area (Å²) in [6.07, 6.45) is 23.9. The highest BCUT2D eigenvalue weighted by Gasteiger charge is 2.46. The first-order valence-corrected chi connectivity index (χ1v) is 11.6. The molecule has 3 aliphatic rings. The monoisotopic (exact) mass is 416 g/mol. The second kappa shape index (κ2) is 10.9. The molecule has 0 aromatic rings. The van der Waals surface area contributed by atoms with Gasteiger partial charge >= 0.3 is 5.08 Å². The molecule has 0 atom stereocenters. The predicted molar refractivity (Wildman–Crippen MR) is 127 cm³/mol. The van der Waals surface area contributed by atoms with Crippen molar-refractivity contribution in [3.63, 3.8) is 0 Å². The Morgan fingerprint density at radius 2 is 1.35 bits per heavy atom. The van der Waals surface area contributed by atoms with Crippen molar-refractivity contribution in [3.05, 3.63) is 69.4 Å². The number of diazo groups is 1. The Morgan fingerprint density at radius 1 is 0.806 bits per heavy atom. The minimum atomic E-state index is -0.131. The predicted octanol–water partition coefficient (Wildman–Crippen LogP) is 7.80. The van der Waals surface area contributed by atoms with Crippen molar-refractivity contribution in [2.45, 2.75) is 78.1 Å². The van der Waals surface area contributed by atoms with E-state index in [2.05, 4.69) is 58.7 Å². The average Bonchev–Trinajstić information content (AvgIpc) is 3.04. The molecule has 0 heterocycles. The Labute approximate surface area is 185 Å². The minimum absolute atomic E-state index is 0.131. The van der Waals surface area contributed by atoms with E-state index in [0.29, 0.717) is 11.4 Å². The van der Waals surface area contributed by atoms with Crippen molar-refractivity contribution in [2.24, 2.45) is 20.8 Å². The summed E-state index contributed by atoms with van der Waals surface area (Å²) in [6.45, 7) is 4.47. The molecule has 0 aromatic heterocycles. The Balaban J connectivity index is 2.08. The van der Waals surface area contributed by atoms with Crippen molar-refractivity contribution in [3.8, 4) is 0 Å². The molecule has 3 rings (SSSR count). The maximum Gasteiger partial charge on any atom is 0.339 e. The third-order valence-corrected chi connectivity index (χ3v) is 6.56. The first kappa shape index (κ1) is 22.7. The van der Waals surface area contributed by atoms with Gasteiger partial charge < -0.3 is 10.6 Å². The summed E-state index contributed by atoms with van der Waals surface area (Å²) in [5.74, 6) is 0. The van der Waals surface area contributed by atoms with Crippen LogP contribution in [-0.2, 0) is 0 Å². The molecule has 0 N–H and O–H groups in total. The molecule has 6 nitrogen and oxygen atoms in total. The smallest absolute Gasteiger partial charge is 0.339 e. The van der Waals surface area contributed by atoms with Crippen molar-refractivity contribution in [2.75, 3.05) is 0 Å². The maximum absolute atomic E-state index is 8.98. The van der Waals surface area contributed by atoms with E-state index in [1.54, 1.807) is 0 Å². The van der Waals surface area contributed by atoms with Crippen LogP contribution in [0, 0.1) is 10.8 Å². The molecule has 6 heteroatoms. The van der Waals surface area contributed by atoms with Gasteiger partial charge in [0.1, 0.15) is 0 Å². The zero-order valence-corrected chi connectivity index (χ0v) is 18.7. The molecule has 0 amide bonds. The standard InChI is InChI=1S/C25H32N6/c1-3-5-7-9-15-25(16-10-8-6-4-2)23-17-19(28-30-26)11-13-21(23)22-14-12-20(29-31-27)18-24(22)25/h11-14,17-18H,3-10,15-16H2,1-2H3. The number of nitrogens with zero attached hydrogens (tertiary/aromatic N) is 6. The highest BCUT2D eigenvalue weighted by atomic mass is 15.3. The van der Waals surface area contributed by atoms with Crippen LogP contribution < -0.4 is 0 Å². The Hall–Kier alpha value is -2.94. The van der Waals surface area contributed by atoms with E-state index < -0.39 is 0 Å². The van der Waals surface area contributed by atoms with Crippen molar-refractivity contribution in [1.82, 2.24) is 0 Å². The number of fused-ring (bicyclic) bond motifs is 2. The quantitative estimate of drug-likeness (QED) is 0.146. The molecule has 0 aliphatic heterocycles. The Morgan fingerprint density at radius 3 is 1.87 bits per heavy atom. The fraction of sp³-hybridized carbons (Fsp3) is 0.520. The van der Waals surface area contributed by atoms with Gasteiger partial charge in [-0.1, -0.05) is 89.5 Å². The zero-order valence-electron chi connectivity index (χ0n) is 18.7. The van der Waals surface area contributed by atoms with E-state index in [1.807, 2.05) is 12.2 Å². The lowest BCUT2D eigenvalue weighted by atomic mass is 9.67. The summed E-state index contributed by atoms with van der Waals surface area (Å²) in [6, 6.07) is 0. The van der Waals surface area contributed by atoms with Gasteiger partial charge in [0.15, 0.2) is 10.8 Å². The molecule has 0 aromatic carbocycles. The molecule has 162 valence electrons. The summed E-state index contributed by atoms with van der Waals surface area (Å²) < 4.78 is 0. The van der Waals surface area contributed by atoms with Crippen LogP contribution >= 0.6 is 0 Å². The Bertz CT molecular complexity index is 937. The molecular weight excluding hydrogens is 384 g/mol. The summed E-state index contributed by atoms with van der Waals surface area (Å²) in [4.78, 5) is 0. The van der Waals surface area contributed by atoms with Gasteiger partial charge in [-0.3, -0.25) is 5.22 Å². The molecule has 3 aliphatic carbocycles. The van der Waals surface area contributed by atoms with Crippen LogP contribution in [0.15, 0.2) is 74.2 Å². The second-order valence-corrected chi connectivity index (χ2v) is 8.54. The second-order valence-electron chi connectivity index (χ2n) is 8.54. The zero-order chi connectivity index (χ0) is 22.1. The van der Waals surface area contributed by atoms with Crippen LogP contribution in [0.5, 0.6) is 0 Å². The van der Waals surface area contributed by atoms with Gasteiger partial charge in [0.25, 0.3) is 5.39 Å². The van der Waals surface area contributed by atoms with Crippen LogP contribution in [0.25, 0.3) is 10.6 Å². The largest absolute Gasteiger partial charge is 0.362 e. The first-order chi connectivity index (χ1) is 15.2. The van der Waals surface area contributed by atoms with Crippen molar-refractivity contribution < 1.29 is 0 Å². The SMILES string of the molecule is CCCCCCC1(CCCCCC)C2=CC(=NN=[N-])C=CC2=C2C=CC(=N[N+]#N)C=C21. The first-order valence-electron chi connectivity index (χ1n) is 11.6. The molecule has 0 spiro atoms. The van der Waals surface area contributed by atoms with Gasteiger partial charge in [-0.15, -0.1) is 0 Å². The topological polar surface area (TPSA) is 87.5 Å². The number of rotatable bonds is 11. The summed E-state index contributed by atoms with van der Waals surface area (Å²) in [7, 11) is 0. The fourth-order valence-electron chi connectivity index (χ4n) is 5.07. The fourth-order valence-corrected chi connectivity index (χ4v) is 5.07. The van der Waals surface area contributed by atoms with Crippen LogP contribution in [0.3, 0.4) is 0 Å². The normalized spacial score (nSPS) is 21.1. The van der Waals surface area contributed by atoms with Gasteiger partial charge in [0.05, 0.1) is 0 Å². The molecule has 0 bridgehead atoms. The number of allylic oxidation sites excluding steroid dienone is 10. The lowest BCUT2D eigenvalue weighted by Gasteiger charge is -2.36. The molecule has 0 fully saturated rings. The van der Waals surface area contributed by atoms with E-state index in [9.17, 15) is 0 Å². The van der Waals surface area contributed by atoms with Crippen LogP contribution in [0.2, 0.25) is 0 Å². The summed E-state index contributed by atoms with van der Waals surface area (Å²) >= 11 is 0. The molecule has 0 radical (unpaired) electrons. The van der Waals surface area contributed by atoms with E-state index in [1.165, 1.54) is 60.8 Å². The van der Waals surface area contributed by atoms with E-state index in [4.69, 9.17) is 10.9 Å². The van der Waals surface area contributed by atoms with E-state index in [0.717, 1.165) is 25.7 Å². The van der Waals surface area contributed by atoms with Crippen LogP contribution in [-0.4, -0.2) is 11.4 Å². The van der Waals surface area contributed by atoms with E-state index in [-0.39, 0.29) is 5.41 Å². The third kappa shape index (κ3) is 4.87. The summed E-state index contributed by atoms with van der Waals surface area (Å²) in [5, 5.41) is 22.8. The third-order valence-electron chi connectivity index (χ3n) is 6.56. The van der Waals surface area contributed by atoms with Gasteiger partial charge in [-0.25, -0.2) is 0 Å². The van der Waals surface area contributed by atoms with Crippen LogP contribution in [0.4, 0.5) is 0 Å². The average molecular weight is 417 g/mol. The van der Waals surface area contributed by atoms with Gasteiger partial charge in [0, 0.05) is 5.41 Å². The molecule has 0 unspecified atom stereocenters. The number of unbranched alkanes of at least 4 members (excludes halogenated alkanes) is 6. The summed E-state index contributed by atoms with van der Waals surface area (Å²) in [5.41, 5.74) is 15.1. The molecular formula is C25H32N6.